The molecule has 0 atom stereocenters. The van der Waals surface area contributed by atoms with Gasteiger partial charge in [-0.1, -0.05) is 57.6 Å². The van der Waals surface area contributed by atoms with E-state index in [0.29, 0.717) is 0 Å². The summed E-state index contributed by atoms with van der Waals surface area (Å²) in [5.74, 6) is 0. The lowest BCUT2D eigenvalue weighted by atomic mass is 9.85. The smallest absolute Gasteiger partial charge is 0.225 e. The molecule has 2 aromatic rings. The van der Waals surface area contributed by atoms with Crippen LogP contribution < -0.4 is 5.32 Å². The van der Waals surface area contributed by atoms with Crippen molar-refractivity contribution in [2.45, 2.75) is 19.3 Å². The van der Waals surface area contributed by atoms with Gasteiger partial charge in [0.25, 0.3) is 0 Å². The number of rotatable bonds is 4. The lowest BCUT2D eigenvalue weighted by Gasteiger charge is -2.26. The first-order chi connectivity index (χ1) is 8.09. The molecule has 0 fully saturated rings. The highest BCUT2D eigenvalue weighted by atomic mass is 79.9. The number of anilines is 1. The van der Waals surface area contributed by atoms with Gasteiger partial charge in [-0.05, 0) is 16.8 Å². The summed E-state index contributed by atoms with van der Waals surface area (Å²) in [4.78, 5) is 0. The Bertz CT molecular complexity index is 484. The third-order valence-electron chi connectivity index (χ3n) is 2.58. The SMILES string of the molecule is CC(C)(CNc1nnns1)c1ccccc1Br. The van der Waals surface area contributed by atoms with Crippen molar-refractivity contribution < 1.29 is 0 Å². The molecule has 17 heavy (non-hydrogen) atoms. The second kappa shape index (κ2) is 5.10. The van der Waals surface area contributed by atoms with Gasteiger partial charge in [-0.3, -0.25) is 0 Å². The summed E-state index contributed by atoms with van der Waals surface area (Å²) in [7, 11) is 0. The Morgan fingerprint density at radius 2 is 2.12 bits per heavy atom. The molecule has 90 valence electrons. The van der Waals surface area contributed by atoms with Crippen LogP contribution in [0.3, 0.4) is 0 Å². The molecular formula is C11H13BrN4S. The maximum atomic E-state index is 3.87. The zero-order chi connectivity index (χ0) is 12.3. The van der Waals surface area contributed by atoms with Crippen molar-refractivity contribution in [3.8, 4) is 0 Å². The fourth-order valence-electron chi connectivity index (χ4n) is 1.60. The van der Waals surface area contributed by atoms with Crippen LogP contribution in [0.4, 0.5) is 5.13 Å². The molecule has 0 unspecified atom stereocenters. The molecular weight excluding hydrogens is 300 g/mol. The third-order valence-corrected chi connectivity index (χ3v) is 3.83. The van der Waals surface area contributed by atoms with Gasteiger partial charge in [-0.25, -0.2) is 0 Å². The first-order valence-electron chi connectivity index (χ1n) is 5.23. The zero-order valence-corrected chi connectivity index (χ0v) is 12.0. The van der Waals surface area contributed by atoms with E-state index in [-0.39, 0.29) is 5.41 Å². The lowest BCUT2D eigenvalue weighted by Crippen LogP contribution is -2.28. The Labute approximate surface area is 113 Å². The van der Waals surface area contributed by atoms with Crippen molar-refractivity contribution in [1.82, 2.24) is 14.8 Å². The highest BCUT2D eigenvalue weighted by molar-refractivity contribution is 9.10. The molecule has 4 nitrogen and oxygen atoms in total. The topological polar surface area (TPSA) is 50.7 Å². The quantitative estimate of drug-likeness (QED) is 0.942. The third kappa shape index (κ3) is 3.01. The predicted octanol–water partition coefficient (Wildman–Crippen LogP) is 3.09. The Morgan fingerprint density at radius 1 is 1.35 bits per heavy atom. The summed E-state index contributed by atoms with van der Waals surface area (Å²) in [5.41, 5.74) is 1.27. The predicted molar refractivity (Wildman–Crippen MR) is 73.4 cm³/mol. The van der Waals surface area contributed by atoms with Crippen LogP contribution in [0.5, 0.6) is 0 Å². The number of halogens is 1. The van der Waals surface area contributed by atoms with Gasteiger partial charge in [0, 0.05) is 28.0 Å². The summed E-state index contributed by atoms with van der Waals surface area (Å²) in [6.07, 6.45) is 0. The summed E-state index contributed by atoms with van der Waals surface area (Å²) < 4.78 is 4.85. The molecule has 1 heterocycles. The van der Waals surface area contributed by atoms with Crippen LogP contribution in [0, 0.1) is 0 Å². The molecule has 1 aromatic carbocycles. The van der Waals surface area contributed by atoms with E-state index in [4.69, 9.17) is 0 Å². The van der Waals surface area contributed by atoms with Gasteiger partial charge in [-0.15, -0.1) is 0 Å². The molecule has 6 heteroatoms. The Balaban J connectivity index is 2.11. The molecule has 0 radical (unpaired) electrons. The molecule has 0 saturated heterocycles. The molecule has 1 aromatic heterocycles. The molecule has 0 aliphatic carbocycles. The van der Waals surface area contributed by atoms with E-state index in [1.165, 1.54) is 17.1 Å². The molecule has 0 amide bonds. The fourth-order valence-corrected chi connectivity index (χ4v) is 2.79. The summed E-state index contributed by atoms with van der Waals surface area (Å²) in [6, 6.07) is 8.26. The first kappa shape index (κ1) is 12.4. The maximum Gasteiger partial charge on any atom is 0.225 e. The minimum absolute atomic E-state index is 0.00572. The van der Waals surface area contributed by atoms with Gasteiger partial charge in [-0.2, -0.15) is 0 Å². The minimum atomic E-state index is 0.00572. The standard InChI is InChI=1S/C11H13BrN4S/c1-11(2,7-13-10-14-15-16-17-10)8-5-3-4-6-9(8)12/h3-6H,7H2,1-2H3,(H,13,14,16). The monoisotopic (exact) mass is 312 g/mol. The second-order valence-electron chi connectivity index (χ2n) is 4.38. The van der Waals surface area contributed by atoms with Crippen LogP contribution in [-0.2, 0) is 5.41 Å². The van der Waals surface area contributed by atoms with Crippen LogP contribution in [0.15, 0.2) is 28.7 Å². The van der Waals surface area contributed by atoms with Crippen LogP contribution in [0.1, 0.15) is 19.4 Å². The van der Waals surface area contributed by atoms with Crippen LogP contribution >= 0.6 is 27.5 Å². The van der Waals surface area contributed by atoms with E-state index in [1.807, 2.05) is 12.1 Å². The average molecular weight is 313 g/mol. The number of benzene rings is 1. The lowest BCUT2D eigenvalue weighted by molar-refractivity contribution is 0.554. The molecule has 0 saturated carbocycles. The van der Waals surface area contributed by atoms with E-state index in [1.54, 1.807) is 0 Å². The summed E-state index contributed by atoms with van der Waals surface area (Å²) in [6.45, 7) is 5.16. The number of aromatic nitrogens is 3. The Morgan fingerprint density at radius 3 is 2.76 bits per heavy atom. The van der Waals surface area contributed by atoms with Crippen molar-refractivity contribution in [3.63, 3.8) is 0 Å². The van der Waals surface area contributed by atoms with Crippen molar-refractivity contribution in [2.75, 3.05) is 11.9 Å². The van der Waals surface area contributed by atoms with E-state index in [9.17, 15) is 0 Å². The fraction of sp³-hybridized carbons (Fsp3) is 0.364. The van der Waals surface area contributed by atoms with Gasteiger partial charge >= 0.3 is 0 Å². The molecule has 0 aliphatic heterocycles. The molecule has 0 aliphatic rings. The second-order valence-corrected chi connectivity index (χ2v) is 5.97. The van der Waals surface area contributed by atoms with Crippen molar-refractivity contribution in [3.05, 3.63) is 34.3 Å². The van der Waals surface area contributed by atoms with Gasteiger partial charge in [0.15, 0.2) is 0 Å². The number of hydrogen-bond acceptors (Lipinski definition) is 5. The zero-order valence-electron chi connectivity index (χ0n) is 9.64. The van der Waals surface area contributed by atoms with Crippen molar-refractivity contribution >= 4 is 32.6 Å². The number of hydrogen-bond donors (Lipinski definition) is 1. The minimum Gasteiger partial charge on any atom is -0.358 e. The van der Waals surface area contributed by atoms with Gasteiger partial charge in [0.2, 0.25) is 5.13 Å². The Kier molecular flexibility index (Phi) is 3.73. The van der Waals surface area contributed by atoms with Gasteiger partial charge in [0.1, 0.15) is 0 Å². The highest BCUT2D eigenvalue weighted by Gasteiger charge is 2.23. The highest BCUT2D eigenvalue weighted by Crippen LogP contribution is 2.30. The van der Waals surface area contributed by atoms with Crippen molar-refractivity contribution in [2.24, 2.45) is 0 Å². The number of nitrogens with one attached hydrogen (secondary N) is 1. The maximum absolute atomic E-state index is 3.87. The van der Waals surface area contributed by atoms with Crippen LogP contribution in [0.25, 0.3) is 0 Å². The molecule has 0 bridgehead atoms. The largest absolute Gasteiger partial charge is 0.358 e. The van der Waals surface area contributed by atoms with Crippen LogP contribution in [-0.4, -0.2) is 21.3 Å². The molecule has 0 spiro atoms. The first-order valence-corrected chi connectivity index (χ1v) is 6.80. The van der Waals surface area contributed by atoms with E-state index in [2.05, 4.69) is 62.0 Å². The molecule has 1 N–H and O–H groups in total. The summed E-state index contributed by atoms with van der Waals surface area (Å²) >= 11 is 4.85. The van der Waals surface area contributed by atoms with Crippen molar-refractivity contribution in [1.29, 1.82) is 0 Å². The molecule has 2 rings (SSSR count). The summed E-state index contributed by atoms with van der Waals surface area (Å²) in [5, 5.41) is 11.4. The Hall–Kier alpha value is -1.01. The van der Waals surface area contributed by atoms with E-state index < -0.39 is 0 Å². The van der Waals surface area contributed by atoms with E-state index in [0.717, 1.165) is 16.1 Å². The van der Waals surface area contributed by atoms with E-state index >= 15 is 0 Å². The normalized spacial score (nSPS) is 11.5. The van der Waals surface area contributed by atoms with Gasteiger partial charge in [0.05, 0.1) is 0 Å². The average Bonchev–Trinajstić information content (AvgIpc) is 2.80. The van der Waals surface area contributed by atoms with Crippen LogP contribution in [0.2, 0.25) is 0 Å². The van der Waals surface area contributed by atoms with Gasteiger partial charge < -0.3 is 5.32 Å². The number of nitrogens with zero attached hydrogens (tertiary/aromatic N) is 3.